The predicted molar refractivity (Wildman–Crippen MR) is 124 cm³/mol. The number of likely N-dealkylation sites (tertiary alicyclic amines) is 2. The van der Waals surface area contributed by atoms with E-state index in [1.165, 1.54) is 44.9 Å². The minimum Gasteiger partial charge on any atom is -0.466 e. The third-order valence-corrected chi connectivity index (χ3v) is 6.75. The lowest BCUT2D eigenvalue weighted by atomic mass is 9.85. The summed E-state index contributed by atoms with van der Waals surface area (Å²) in [5, 5.41) is 0. The van der Waals surface area contributed by atoms with Gasteiger partial charge in [-0.2, -0.15) is 0 Å². The van der Waals surface area contributed by atoms with Crippen molar-refractivity contribution in [2.45, 2.75) is 84.5 Å². The van der Waals surface area contributed by atoms with Crippen LogP contribution in [0.15, 0.2) is 0 Å². The molecule has 6 nitrogen and oxygen atoms in total. The van der Waals surface area contributed by atoms with E-state index in [1.54, 1.807) is 0 Å². The molecule has 0 aromatic carbocycles. The van der Waals surface area contributed by atoms with Crippen molar-refractivity contribution in [2.75, 3.05) is 52.5 Å². The van der Waals surface area contributed by atoms with E-state index < -0.39 is 0 Å². The van der Waals surface area contributed by atoms with Gasteiger partial charge < -0.3 is 19.3 Å². The molecule has 0 aromatic rings. The molecule has 0 aliphatic carbocycles. The summed E-state index contributed by atoms with van der Waals surface area (Å²) in [6, 6.07) is 0. The van der Waals surface area contributed by atoms with E-state index in [1.807, 2.05) is 13.8 Å². The molecule has 2 rings (SSSR count). The highest BCUT2D eigenvalue weighted by molar-refractivity contribution is 5.69. The zero-order chi connectivity index (χ0) is 22.3. The second-order valence-electron chi connectivity index (χ2n) is 9.45. The number of hydrogen-bond donors (Lipinski definition) is 0. The third kappa shape index (κ3) is 11.3. The summed E-state index contributed by atoms with van der Waals surface area (Å²) in [4.78, 5) is 28.5. The van der Waals surface area contributed by atoms with Crippen LogP contribution in [0.2, 0.25) is 0 Å². The van der Waals surface area contributed by atoms with Gasteiger partial charge in [-0.3, -0.25) is 9.59 Å². The topological polar surface area (TPSA) is 59.1 Å². The normalized spacial score (nSPS) is 23.7. The number of esters is 2. The number of ether oxygens (including phenoxy) is 2. The average molecular weight is 439 g/mol. The molecule has 0 aromatic heterocycles. The standard InChI is InChI=1S/C25H46N2O4/c1-3-19-30-24(28)11-17-26-13-5-7-22(9-15-26)21-23-8-6-14-27(16-10-23)18-12-25(29)31-20-4-2/h22-23H,3-21H2,1-2H3. The second-order valence-corrected chi connectivity index (χ2v) is 9.45. The smallest absolute Gasteiger partial charge is 0.307 e. The van der Waals surface area contributed by atoms with Crippen molar-refractivity contribution in [3.8, 4) is 0 Å². The fraction of sp³-hybridized carbons (Fsp3) is 0.920. The fourth-order valence-electron chi connectivity index (χ4n) is 4.91. The van der Waals surface area contributed by atoms with Crippen molar-refractivity contribution < 1.29 is 19.1 Å². The molecule has 0 spiro atoms. The van der Waals surface area contributed by atoms with Gasteiger partial charge in [0.2, 0.25) is 0 Å². The number of carbonyl (C=O) groups excluding carboxylic acids is 2. The fourth-order valence-corrected chi connectivity index (χ4v) is 4.91. The monoisotopic (exact) mass is 438 g/mol. The van der Waals surface area contributed by atoms with Gasteiger partial charge in [-0.05, 0) is 95.8 Å². The van der Waals surface area contributed by atoms with Crippen molar-refractivity contribution in [3.63, 3.8) is 0 Å². The van der Waals surface area contributed by atoms with E-state index in [0.29, 0.717) is 26.1 Å². The van der Waals surface area contributed by atoms with Gasteiger partial charge in [0.25, 0.3) is 0 Å². The van der Waals surface area contributed by atoms with Gasteiger partial charge in [-0.25, -0.2) is 0 Å². The van der Waals surface area contributed by atoms with E-state index in [0.717, 1.165) is 63.9 Å². The van der Waals surface area contributed by atoms with Crippen LogP contribution in [0.5, 0.6) is 0 Å². The summed E-state index contributed by atoms with van der Waals surface area (Å²) in [6.07, 6.45) is 11.8. The van der Waals surface area contributed by atoms with Crippen LogP contribution in [0.3, 0.4) is 0 Å². The molecule has 0 amide bonds. The third-order valence-electron chi connectivity index (χ3n) is 6.75. The SMILES string of the molecule is CCCOC(=O)CCN1CCCC(CC2CCCN(CCC(=O)OCCC)CC2)CC1. The Morgan fingerprint density at radius 1 is 0.710 bits per heavy atom. The van der Waals surface area contributed by atoms with Crippen LogP contribution >= 0.6 is 0 Å². The van der Waals surface area contributed by atoms with Crippen molar-refractivity contribution in [3.05, 3.63) is 0 Å². The number of hydrogen-bond acceptors (Lipinski definition) is 6. The van der Waals surface area contributed by atoms with Crippen molar-refractivity contribution in [1.82, 2.24) is 9.80 Å². The summed E-state index contributed by atoms with van der Waals surface area (Å²) in [6.45, 7) is 11.3. The number of carbonyl (C=O) groups is 2. The van der Waals surface area contributed by atoms with Gasteiger partial charge in [0.15, 0.2) is 0 Å². The Labute approximate surface area is 190 Å². The molecule has 2 saturated heterocycles. The molecular weight excluding hydrogens is 392 g/mol. The molecule has 2 unspecified atom stereocenters. The first-order valence-corrected chi connectivity index (χ1v) is 12.9. The summed E-state index contributed by atoms with van der Waals surface area (Å²) >= 11 is 0. The molecule has 2 fully saturated rings. The van der Waals surface area contributed by atoms with Crippen LogP contribution in [0, 0.1) is 11.8 Å². The molecule has 0 radical (unpaired) electrons. The predicted octanol–water partition coefficient (Wildman–Crippen LogP) is 4.27. The van der Waals surface area contributed by atoms with Crippen LogP contribution < -0.4 is 0 Å². The Morgan fingerprint density at radius 2 is 1.16 bits per heavy atom. The Morgan fingerprint density at radius 3 is 1.58 bits per heavy atom. The van der Waals surface area contributed by atoms with Crippen molar-refractivity contribution >= 4 is 11.9 Å². The first-order chi connectivity index (χ1) is 15.1. The van der Waals surface area contributed by atoms with E-state index in [4.69, 9.17) is 9.47 Å². The molecule has 180 valence electrons. The highest BCUT2D eigenvalue weighted by atomic mass is 16.5. The van der Waals surface area contributed by atoms with Crippen LogP contribution in [0.1, 0.15) is 84.5 Å². The molecule has 0 saturated carbocycles. The number of nitrogens with zero attached hydrogens (tertiary/aromatic N) is 2. The lowest BCUT2D eigenvalue weighted by molar-refractivity contribution is -0.144. The van der Waals surface area contributed by atoms with Crippen LogP contribution in [-0.2, 0) is 19.1 Å². The first-order valence-electron chi connectivity index (χ1n) is 12.9. The maximum atomic E-state index is 11.8. The zero-order valence-corrected chi connectivity index (χ0v) is 20.1. The maximum absolute atomic E-state index is 11.8. The summed E-state index contributed by atoms with van der Waals surface area (Å²) in [5.74, 6) is 1.53. The van der Waals surface area contributed by atoms with Gasteiger partial charge in [-0.15, -0.1) is 0 Å². The Balaban J connectivity index is 1.63. The van der Waals surface area contributed by atoms with E-state index in [-0.39, 0.29) is 11.9 Å². The van der Waals surface area contributed by atoms with Gasteiger partial charge in [0.1, 0.15) is 0 Å². The molecule has 2 heterocycles. The van der Waals surface area contributed by atoms with Crippen LogP contribution in [0.25, 0.3) is 0 Å². The summed E-state index contributed by atoms with van der Waals surface area (Å²) in [5.41, 5.74) is 0. The summed E-state index contributed by atoms with van der Waals surface area (Å²) < 4.78 is 10.4. The Bertz CT molecular complexity index is 470. The molecule has 0 bridgehead atoms. The molecule has 2 aliphatic heterocycles. The Kier molecular flexibility index (Phi) is 13.2. The van der Waals surface area contributed by atoms with Crippen molar-refractivity contribution in [1.29, 1.82) is 0 Å². The van der Waals surface area contributed by atoms with E-state index >= 15 is 0 Å². The molecule has 0 N–H and O–H groups in total. The van der Waals surface area contributed by atoms with Gasteiger partial charge in [-0.1, -0.05) is 13.8 Å². The van der Waals surface area contributed by atoms with Gasteiger partial charge >= 0.3 is 11.9 Å². The lowest BCUT2D eigenvalue weighted by Crippen LogP contribution is -2.28. The van der Waals surface area contributed by atoms with Gasteiger partial charge in [0, 0.05) is 13.1 Å². The largest absolute Gasteiger partial charge is 0.466 e. The molecule has 2 aliphatic rings. The van der Waals surface area contributed by atoms with Crippen molar-refractivity contribution in [2.24, 2.45) is 11.8 Å². The maximum Gasteiger partial charge on any atom is 0.307 e. The summed E-state index contributed by atoms with van der Waals surface area (Å²) in [7, 11) is 0. The highest BCUT2D eigenvalue weighted by Crippen LogP contribution is 2.30. The quantitative estimate of drug-likeness (QED) is 0.424. The Hall–Kier alpha value is -1.14. The zero-order valence-electron chi connectivity index (χ0n) is 20.1. The lowest BCUT2D eigenvalue weighted by Gasteiger charge is -2.23. The van der Waals surface area contributed by atoms with E-state index in [2.05, 4.69) is 9.80 Å². The first kappa shape index (κ1) is 26.1. The molecule has 6 heteroatoms. The number of rotatable bonds is 12. The molecule has 31 heavy (non-hydrogen) atoms. The molecule has 2 atom stereocenters. The van der Waals surface area contributed by atoms with Gasteiger partial charge in [0.05, 0.1) is 26.1 Å². The van der Waals surface area contributed by atoms with Crippen LogP contribution in [-0.4, -0.2) is 74.2 Å². The second kappa shape index (κ2) is 15.6. The average Bonchev–Trinajstić information content (AvgIpc) is 3.14. The minimum absolute atomic E-state index is 0.0516. The highest BCUT2D eigenvalue weighted by Gasteiger charge is 2.23. The van der Waals surface area contributed by atoms with E-state index in [9.17, 15) is 9.59 Å². The molecular formula is C25H46N2O4. The minimum atomic E-state index is -0.0516. The van der Waals surface area contributed by atoms with Crippen LogP contribution in [0.4, 0.5) is 0 Å².